The van der Waals surface area contributed by atoms with E-state index in [1.54, 1.807) is 12.3 Å². The van der Waals surface area contributed by atoms with Gasteiger partial charge in [0.25, 0.3) is 0 Å². The number of hydrogen-bond donors (Lipinski definition) is 0. The molecule has 3 aromatic rings. The van der Waals surface area contributed by atoms with Crippen molar-refractivity contribution in [1.29, 1.82) is 0 Å². The van der Waals surface area contributed by atoms with Crippen molar-refractivity contribution in [3.05, 3.63) is 72.4 Å². The van der Waals surface area contributed by atoms with Crippen molar-refractivity contribution in [2.24, 2.45) is 0 Å². The molecule has 0 bridgehead atoms. The van der Waals surface area contributed by atoms with Crippen LogP contribution in [0.2, 0.25) is 0 Å². The van der Waals surface area contributed by atoms with E-state index in [9.17, 15) is 21.6 Å². The quantitative estimate of drug-likeness (QED) is 0.177. The van der Waals surface area contributed by atoms with Gasteiger partial charge in [-0.25, -0.2) is 0 Å². The van der Waals surface area contributed by atoms with E-state index in [0.717, 1.165) is 29.7 Å². The number of aromatic nitrogens is 1. The number of nitrogens with zero attached hydrogens (tertiary/aromatic N) is 1. The van der Waals surface area contributed by atoms with E-state index in [-0.39, 0.29) is 0 Å². The van der Waals surface area contributed by atoms with Gasteiger partial charge in [-0.2, -0.15) is 21.6 Å². The van der Waals surface area contributed by atoms with Crippen LogP contribution in [-0.2, 0) is 16.5 Å². The monoisotopic (exact) mass is 477 g/mol. The predicted molar refractivity (Wildman–Crippen MR) is 123 cm³/mol. The van der Waals surface area contributed by atoms with Crippen molar-refractivity contribution in [2.45, 2.75) is 51.0 Å². The molecule has 33 heavy (non-hydrogen) atoms. The minimum Gasteiger partial charge on any atom is -0.376 e. The summed E-state index contributed by atoms with van der Waals surface area (Å²) < 4.78 is 63.6. The van der Waals surface area contributed by atoms with Crippen LogP contribution in [0.25, 0.3) is 22.4 Å². The lowest BCUT2D eigenvalue weighted by atomic mass is 10.0. The van der Waals surface area contributed by atoms with Gasteiger partial charge in [-0.1, -0.05) is 62.9 Å². The molecule has 0 aliphatic carbocycles. The first kappa shape index (κ1) is 24.8. The van der Waals surface area contributed by atoms with E-state index in [0.29, 0.717) is 11.3 Å². The van der Waals surface area contributed by atoms with E-state index in [1.807, 2.05) is 6.07 Å². The zero-order chi connectivity index (χ0) is 23.9. The topological polar surface area (TPSA) is 56.3 Å². The molecule has 0 fully saturated rings. The average molecular weight is 478 g/mol. The second-order valence-electron chi connectivity index (χ2n) is 7.80. The standard InChI is InChI=1S/C25H26F3NO3S/c1-2-3-4-5-6-7-19-8-10-20(11-9-19)22-14-17-24(29-18-22)21-12-15-23(16-13-21)32-33(30,31)25(26,27)28/h8-18H,2-7H2,1H3. The van der Waals surface area contributed by atoms with Crippen molar-refractivity contribution in [3.8, 4) is 28.1 Å². The van der Waals surface area contributed by atoms with Gasteiger partial charge >= 0.3 is 15.6 Å². The van der Waals surface area contributed by atoms with Gasteiger partial charge in [0.1, 0.15) is 5.75 Å². The van der Waals surface area contributed by atoms with Gasteiger partial charge in [-0.05, 0) is 54.3 Å². The molecule has 3 rings (SSSR count). The molecule has 0 aliphatic rings. The first-order valence-corrected chi connectivity index (χ1v) is 12.3. The minimum absolute atomic E-state index is 0.418. The molecule has 1 heterocycles. The summed E-state index contributed by atoms with van der Waals surface area (Å²) in [5.41, 5.74) is -0.941. The van der Waals surface area contributed by atoms with Gasteiger partial charge < -0.3 is 4.18 Å². The van der Waals surface area contributed by atoms with Crippen molar-refractivity contribution < 1.29 is 25.8 Å². The van der Waals surface area contributed by atoms with Crippen molar-refractivity contribution in [2.75, 3.05) is 0 Å². The van der Waals surface area contributed by atoms with E-state index >= 15 is 0 Å². The molecule has 0 amide bonds. The van der Waals surface area contributed by atoms with Crippen LogP contribution < -0.4 is 4.18 Å². The summed E-state index contributed by atoms with van der Waals surface area (Å²) in [6.07, 6.45) is 9.08. The zero-order valence-corrected chi connectivity index (χ0v) is 19.1. The van der Waals surface area contributed by atoms with Gasteiger partial charge in [0, 0.05) is 17.3 Å². The van der Waals surface area contributed by atoms with Crippen molar-refractivity contribution in [3.63, 3.8) is 0 Å². The van der Waals surface area contributed by atoms with Crippen molar-refractivity contribution >= 4 is 10.1 Å². The first-order valence-electron chi connectivity index (χ1n) is 10.9. The summed E-state index contributed by atoms with van der Waals surface area (Å²) in [5, 5.41) is 0. The number of rotatable bonds is 10. The van der Waals surface area contributed by atoms with Gasteiger partial charge in [0.2, 0.25) is 0 Å². The Morgan fingerprint density at radius 1 is 0.788 bits per heavy atom. The molecule has 176 valence electrons. The highest BCUT2D eigenvalue weighted by Gasteiger charge is 2.48. The molecule has 0 spiro atoms. The summed E-state index contributed by atoms with van der Waals surface area (Å²) in [6.45, 7) is 2.21. The van der Waals surface area contributed by atoms with E-state index < -0.39 is 21.4 Å². The Balaban J connectivity index is 1.62. The van der Waals surface area contributed by atoms with Crippen LogP contribution in [0.3, 0.4) is 0 Å². The van der Waals surface area contributed by atoms with Crippen LogP contribution in [0.4, 0.5) is 13.2 Å². The normalized spacial score (nSPS) is 12.0. The first-order chi connectivity index (χ1) is 15.7. The molecular weight excluding hydrogens is 451 g/mol. The second kappa shape index (κ2) is 10.8. The van der Waals surface area contributed by atoms with Crippen LogP contribution >= 0.6 is 0 Å². The SMILES string of the molecule is CCCCCCCc1ccc(-c2ccc(-c3ccc(OS(=O)(=O)C(F)(F)F)cc3)nc2)cc1. The van der Waals surface area contributed by atoms with Crippen LogP contribution in [0.5, 0.6) is 5.75 Å². The largest absolute Gasteiger partial charge is 0.534 e. The Morgan fingerprint density at radius 3 is 1.97 bits per heavy atom. The molecule has 0 unspecified atom stereocenters. The van der Waals surface area contributed by atoms with Crippen LogP contribution in [0.1, 0.15) is 44.6 Å². The fraction of sp³-hybridized carbons (Fsp3) is 0.320. The molecule has 0 radical (unpaired) electrons. The number of alkyl halides is 3. The number of halogens is 3. The lowest BCUT2D eigenvalue weighted by molar-refractivity contribution is -0.0500. The maximum Gasteiger partial charge on any atom is 0.534 e. The Kier molecular flexibility index (Phi) is 8.13. The molecule has 8 heteroatoms. The molecule has 0 saturated carbocycles. The lowest BCUT2D eigenvalue weighted by Crippen LogP contribution is -2.28. The van der Waals surface area contributed by atoms with E-state index in [1.165, 1.54) is 49.8 Å². The van der Waals surface area contributed by atoms with Crippen LogP contribution in [-0.4, -0.2) is 18.9 Å². The Morgan fingerprint density at radius 2 is 1.39 bits per heavy atom. The third kappa shape index (κ3) is 6.81. The molecule has 1 aromatic heterocycles. The minimum atomic E-state index is -5.69. The van der Waals surface area contributed by atoms with E-state index in [2.05, 4.69) is 40.4 Å². The van der Waals surface area contributed by atoms with Gasteiger partial charge in [-0.3, -0.25) is 4.98 Å². The maximum absolute atomic E-state index is 12.4. The number of aryl methyl sites for hydroxylation is 1. The summed E-state index contributed by atoms with van der Waals surface area (Å²) >= 11 is 0. The molecule has 4 nitrogen and oxygen atoms in total. The third-order valence-corrected chi connectivity index (χ3v) is 6.24. The van der Waals surface area contributed by atoms with Crippen LogP contribution in [0, 0.1) is 0 Å². The summed E-state index contributed by atoms with van der Waals surface area (Å²) in [7, 11) is -5.69. The molecule has 0 saturated heterocycles. The third-order valence-electron chi connectivity index (χ3n) is 5.26. The van der Waals surface area contributed by atoms with Gasteiger partial charge in [0.15, 0.2) is 0 Å². The molecular formula is C25H26F3NO3S. The highest BCUT2D eigenvalue weighted by atomic mass is 32.2. The molecule has 2 aromatic carbocycles. The summed E-state index contributed by atoms with van der Waals surface area (Å²) in [4.78, 5) is 4.43. The molecule has 0 aliphatic heterocycles. The highest BCUT2D eigenvalue weighted by molar-refractivity contribution is 7.88. The smallest absolute Gasteiger partial charge is 0.376 e. The molecule has 0 N–H and O–H groups in total. The molecule has 0 atom stereocenters. The number of unbranched alkanes of at least 4 members (excludes halogenated alkanes) is 4. The lowest BCUT2D eigenvalue weighted by Gasteiger charge is -2.10. The Labute approximate surface area is 192 Å². The maximum atomic E-state index is 12.4. The van der Waals surface area contributed by atoms with Crippen molar-refractivity contribution in [1.82, 2.24) is 4.98 Å². The zero-order valence-electron chi connectivity index (χ0n) is 18.3. The second-order valence-corrected chi connectivity index (χ2v) is 9.34. The number of hydrogen-bond acceptors (Lipinski definition) is 4. The number of benzene rings is 2. The van der Waals surface area contributed by atoms with E-state index in [4.69, 9.17) is 0 Å². The van der Waals surface area contributed by atoms with Crippen LogP contribution in [0.15, 0.2) is 66.9 Å². The average Bonchev–Trinajstić information content (AvgIpc) is 2.79. The van der Waals surface area contributed by atoms with Gasteiger partial charge in [-0.15, -0.1) is 0 Å². The Hall–Kier alpha value is -2.87. The highest BCUT2D eigenvalue weighted by Crippen LogP contribution is 2.29. The van der Waals surface area contributed by atoms with Gasteiger partial charge in [0.05, 0.1) is 5.69 Å². The number of pyridine rings is 1. The summed E-state index contributed by atoms with van der Waals surface area (Å²) in [6, 6.07) is 17.4. The predicted octanol–water partition coefficient (Wildman–Crippen LogP) is 7.16. The fourth-order valence-electron chi connectivity index (χ4n) is 3.39. The fourth-order valence-corrected chi connectivity index (χ4v) is 3.85. The summed E-state index contributed by atoms with van der Waals surface area (Å²) in [5.74, 6) is -0.418. The Bertz CT molecular complexity index is 1130.